The molecule has 0 fully saturated rings. The summed E-state index contributed by atoms with van der Waals surface area (Å²) in [6.45, 7) is -4.29. The molecule has 0 bridgehead atoms. The van der Waals surface area contributed by atoms with Crippen molar-refractivity contribution in [2.45, 2.75) is 20.0 Å². The Morgan fingerprint density at radius 2 is 1.44 bits per heavy atom. The fourth-order valence-corrected chi connectivity index (χ4v) is 2.23. The van der Waals surface area contributed by atoms with Crippen molar-refractivity contribution in [1.82, 2.24) is 9.13 Å². The minimum absolute atomic E-state index is 0.0595. The van der Waals surface area contributed by atoms with E-state index in [4.69, 9.17) is 0 Å². The third kappa shape index (κ3) is 6.94. The molecule has 11 heteroatoms. The lowest BCUT2D eigenvalue weighted by Gasteiger charge is -2.05. The highest BCUT2D eigenvalue weighted by molar-refractivity contribution is 9.10. The quantitative estimate of drug-likeness (QED) is 0.597. The second kappa shape index (κ2) is 9.66. The van der Waals surface area contributed by atoms with Gasteiger partial charge in [-0.2, -0.15) is 22.6 Å². The predicted octanol–water partition coefficient (Wildman–Crippen LogP) is 4.10. The van der Waals surface area contributed by atoms with Crippen LogP contribution < -0.4 is 11.0 Å². The number of amides is 1. The molecule has 0 unspecified atom stereocenters. The monoisotopic (exact) mass is 487 g/mol. The number of alkyl halides is 4. The van der Waals surface area contributed by atoms with Crippen LogP contribution in [0, 0.1) is 0 Å². The van der Waals surface area contributed by atoms with E-state index < -0.39 is 24.6 Å². The highest BCUT2D eigenvalue weighted by Crippen LogP contribution is 2.12. The fourth-order valence-electron chi connectivity index (χ4n) is 1.52. The van der Waals surface area contributed by atoms with Crippen molar-refractivity contribution in [1.29, 1.82) is 0 Å². The first-order valence-corrected chi connectivity index (χ1v) is 8.07. The molecular weight excluding hydrogens is 478 g/mol. The summed E-state index contributed by atoms with van der Waals surface area (Å²) in [6, 6.07) is 5.38. The van der Waals surface area contributed by atoms with Crippen LogP contribution in [0.2, 0.25) is 0 Å². The normalized spacial score (nSPS) is 11.5. The van der Waals surface area contributed by atoms with Crippen LogP contribution >= 0.6 is 31.9 Å². The smallest absolute Gasteiger partial charge is 0.274 e. The molecule has 5 nitrogen and oxygen atoms in total. The van der Waals surface area contributed by atoms with Gasteiger partial charge in [0.2, 0.25) is 5.91 Å². The first-order valence-electron chi connectivity index (χ1n) is 6.49. The van der Waals surface area contributed by atoms with E-state index in [1.54, 1.807) is 6.07 Å². The lowest BCUT2D eigenvalue weighted by molar-refractivity contribution is -0.116. The maximum Gasteiger partial charge on any atom is 0.321 e. The van der Waals surface area contributed by atoms with Crippen molar-refractivity contribution in [3.63, 3.8) is 0 Å². The molecule has 2 aromatic rings. The second-order valence-corrected chi connectivity index (χ2v) is 6.22. The standard InChI is InChI=1S/C8H7BrF2N2O.C6H4BrF2NO/c1-5(14)12-7-3-2-6(9)4-13(7)8(10)11;7-4-1-2-5(11)10(3-4)6(8)9/h2-4,8H,1H3;1-3,6H. The maximum absolute atomic E-state index is 12.4. The molecular formula is C14H11Br2F4N3O2. The van der Waals surface area contributed by atoms with E-state index >= 15 is 0 Å². The van der Waals surface area contributed by atoms with Crippen molar-refractivity contribution >= 4 is 37.8 Å². The number of pyridine rings is 2. The molecule has 2 rings (SSSR count). The van der Waals surface area contributed by atoms with Gasteiger partial charge < -0.3 is 0 Å². The SMILES string of the molecule is CC(=O)N=c1ccc(Br)cn1C(F)F.O=c1ccc(Br)cn1C(F)F. The molecule has 0 saturated heterocycles. The van der Waals surface area contributed by atoms with E-state index in [2.05, 4.69) is 36.9 Å². The summed E-state index contributed by atoms with van der Waals surface area (Å²) in [5.41, 5.74) is -0.765. The number of hydrogen-bond donors (Lipinski definition) is 0. The summed E-state index contributed by atoms with van der Waals surface area (Å²) in [5, 5.41) is 0. The third-order valence-corrected chi connectivity index (χ3v) is 3.45. The molecule has 136 valence electrons. The van der Waals surface area contributed by atoms with E-state index in [0.717, 1.165) is 12.3 Å². The molecule has 25 heavy (non-hydrogen) atoms. The number of hydrogen-bond acceptors (Lipinski definition) is 2. The Kier molecular flexibility index (Phi) is 8.23. The summed E-state index contributed by atoms with van der Waals surface area (Å²) in [4.78, 5) is 24.8. The Bertz CT molecular complexity index is 866. The molecule has 2 aromatic heterocycles. The summed E-state index contributed by atoms with van der Waals surface area (Å²) in [7, 11) is 0. The Morgan fingerprint density at radius 3 is 1.88 bits per heavy atom. The zero-order valence-corrected chi connectivity index (χ0v) is 15.7. The van der Waals surface area contributed by atoms with Crippen molar-refractivity contribution in [2.24, 2.45) is 4.99 Å². The molecule has 2 heterocycles. The molecule has 0 aliphatic carbocycles. The zero-order valence-electron chi connectivity index (χ0n) is 12.5. The van der Waals surface area contributed by atoms with Gasteiger partial charge in [-0.15, -0.1) is 0 Å². The average molecular weight is 489 g/mol. The summed E-state index contributed by atoms with van der Waals surface area (Å²) >= 11 is 6.02. The van der Waals surface area contributed by atoms with Gasteiger partial charge in [-0.25, -0.2) is 0 Å². The lowest BCUT2D eigenvalue weighted by Crippen LogP contribution is -2.21. The van der Waals surface area contributed by atoms with Gasteiger partial charge in [-0.05, 0) is 50.1 Å². The molecule has 0 atom stereocenters. The van der Waals surface area contributed by atoms with E-state index in [0.29, 0.717) is 18.1 Å². The largest absolute Gasteiger partial charge is 0.321 e. The second-order valence-electron chi connectivity index (χ2n) is 4.39. The van der Waals surface area contributed by atoms with Gasteiger partial charge in [-0.1, -0.05) is 0 Å². The van der Waals surface area contributed by atoms with Gasteiger partial charge in [0.25, 0.3) is 5.56 Å². The van der Waals surface area contributed by atoms with Crippen molar-refractivity contribution in [3.05, 3.63) is 61.4 Å². The number of nitrogens with zero attached hydrogens (tertiary/aromatic N) is 3. The number of carbonyl (C=O) groups is 1. The molecule has 1 amide bonds. The molecule has 0 aliphatic heterocycles. The third-order valence-electron chi connectivity index (χ3n) is 2.51. The Balaban J connectivity index is 0.000000257. The molecule has 0 spiro atoms. The predicted molar refractivity (Wildman–Crippen MR) is 89.3 cm³/mol. The van der Waals surface area contributed by atoms with Gasteiger partial charge in [0, 0.05) is 34.3 Å². The molecule has 0 aliphatic rings. The number of aromatic nitrogens is 2. The summed E-state index contributed by atoms with van der Waals surface area (Å²) < 4.78 is 50.7. The van der Waals surface area contributed by atoms with Crippen molar-refractivity contribution < 1.29 is 22.4 Å². The van der Waals surface area contributed by atoms with Gasteiger partial charge in [0.05, 0.1) is 0 Å². The Morgan fingerprint density at radius 1 is 0.960 bits per heavy atom. The molecule has 0 aromatic carbocycles. The molecule has 0 N–H and O–H groups in total. The van der Waals surface area contributed by atoms with Crippen LogP contribution in [0.1, 0.15) is 20.0 Å². The molecule has 0 radical (unpaired) electrons. The summed E-state index contributed by atoms with van der Waals surface area (Å²) in [6.07, 6.45) is 2.22. The van der Waals surface area contributed by atoms with Crippen molar-refractivity contribution in [3.8, 4) is 0 Å². The molecule has 0 saturated carbocycles. The Labute approximate surface area is 155 Å². The number of rotatable bonds is 2. The van der Waals surface area contributed by atoms with Gasteiger partial charge in [0.1, 0.15) is 5.49 Å². The average Bonchev–Trinajstić information content (AvgIpc) is 2.51. The van der Waals surface area contributed by atoms with Crippen LogP contribution in [0.3, 0.4) is 0 Å². The van der Waals surface area contributed by atoms with E-state index in [-0.39, 0.29) is 5.49 Å². The highest BCUT2D eigenvalue weighted by Gasteiger charge is 2.07. The topological polar surface area (TPSA) is 56.4 Å². The maximum atomic E-state index is 12.4. The van der Waals surface area contributed by atoms with Crippen molar-refractivity contribution in [2.75, 3.05) is 0 Å². The highest BCUT2D eigenvalue weighted by atomic mass is 79.9. The summed E-state index contributed by atoms with van der Waals surface area (Å²) in [5.74, 6) is -0.512. The Hall–Kier alpha value is -1.75. The minimum atomic E-state index is -2.78. The van der Waals surface area contributed by atoms with Gasteiger partial charge in [-0.3, -0.25) is 18.7 Å². The minimum Gasteiger partial charge on any atom is -0.274 e. The van der Waals surface area contributed by atoms with Crippen LogP contribution in [0.4, 0.5) is 17.6 Å². The van der Waals surface area contributed by atoms with Crippen LogP contribution in [0.15, 0.2) is 55.4 Å². The van der Waals surface area contributed by atoms with Gasteiger partial charge in [0.15, 0.2) is 0 Å². The van der Waals surface area contributed by atoms with Crippen LogP contribution in [-0.2, 0) is 4.79 Å². The lowest BCUT2D eigenvalue weighted by atomic mass is 10.5. The number of halogens is 6. The van der Waals surface area contributed by atoms with Crippen LogP contribution in [-0.4, -0.2) is 15.0 Å². The first-order chi connectivity index (χ1) is 11.6. The van der Waals surface area contributed by atoms with E-state index in [1.807, 2.05) is 0 Å². The van der Waals surface area contributed by atoms with Gasteiger partial charge >= 0.3 is 13.1 Å². The number of carbonyl (C=O) groups excluding carboxylic acids is 1. The van der Waals surface area contributed by atoms with Crippen LogP contribution in [0.5, 0.6) is 0 Å². The fraction of sp³-hybridized carbons (Fsp3) is 0.214. The van der Waals surface area contributed by atoms with E-state index in [9.17, 15) is 27.2 Å². The van der Waals surface area contributed by atoms with Crippen LogP contribution in [0.25, 0.3) is 0 Å². The first kappa shape index (κ1) is 21.3. The van der Waals surface area contributed by atoms with E-state index in [1.165, 1.54) is 25.3 Å². The zero-order chi connectivity index (χ0) is 19.1.